The monoisotopic (exact) mass is 764 g/mol. The second kappa shape index (κ2) is 15.1. The van der Waals surface area contributed by atoms with Crippen molar-refractivity contribution in [3.8, 4) is 50.2 Å². The van der Waals surface area contributed by atoms with Gasteiger partial charge in [0.25, 0.3) is 0 Å². The minimum absolute atomic E-state index is 1.08. The second-order valence-electron chi connectivity index (χ2n) is 15.3. The number of anilines is 3. The highest BCUT2D eigenvalue weighted by molar-refractivity contribution is 6.11. The van der Waals surface area contributed by atoms with E-state index in [-0.39, 0.29) is 0 Å². The van der Waals surface area contributed by atoms with Crippen LogP contribution in [0.15, 0.2) is 243 Å². The van der Waals surface area contributed by atoms with Gasteiger partial charge in [-0.25, -0.2) is 0 Å². The molecule has 282 valence electrons. The number of aromatic nitrogens is 1. The number of para-hydroxylation sites is 3. The number of rotatable bonds is 8. The summed E-state index contributed by atoms with van der Waals surface area (Å²) in [4.78, 5) is 2.46. The lowest BCUT2D eigenvalue weighted by Gasteiger charge is -2.29. The van der Waals surface area contributed by atoms with E-state index < -0.39 is 0 Å². The molecule has 0 atom stereocenters. The molecule has 0 bridgehead atoms. The van der Waals surface area contributed by atoms with Crippen molar-refractivity contribution in [1.82, 2.24) is 4.57 Å². The van der Waals surface area contributed by atoms with Crippen molar-refractivity contribution in [1.29, 1.82) is 0 Å². The average molecular weight is 765 g/mol. The molecule has 2 nitrogen and oxygen atoms in total. The first-order chi connectivity index (χ1) is 29.8. The van der Waals surface area contributed by atoms with Crippen LogP contribution in [0, 0.1) is 0 Å². The van der Waals surface area contributed by atoms with Crippen molar-refractivity contribution < 1.29 is 0 Å². The van der Waals surface area contributed by atoms with Crippen molar-refractivity contribution in [2.45, 2.75) is 0 Å². The van der Waals surface area contributed by atoms with Crippen LogP contribution < -0.4 is 4.90 Å². The molecule has 11 rings (SSSR count). The van der Waals surface area contributed by atoms with Gasteiger partial charge in [-0.15, -0.1) is 0 Å². The van der Waals surface area contributed by atoms with Crippen LogP contribution in [-0.2, 0) is 0 Å². The Morgan fingerprint density at radius 3 is 1.63 bits per heavy atom. The summed E-state index contributed by atoms with van der Waals surface area (Å²) in [7, 11) is 0. The highest BCUT2D eigenvalue weighted by Crippen LogP contribution is 2.46. The molecule has 0 aliphatic heterocycles. The first kappa shape index (κ1) is 35.2. The summed E-state index contributed by atoms with van der Waals surface area (Å²) in [5.41, 5.74) is 16.3. The van der Waals surface area contributed by atoms with Gasteiger partial charge in [-0.05, 0) is 81.2 Å². The molecule has 11 aromatic rings. The van der Waals surface area contributed by atoms with Crippen LogP contribution in [0.4, 0.5) is 17.1 Å². The summed E-state index contributed by atoms with van der Waals surface area (Å²) in [5, 5.41) is 4.83. The molecule has 0 fully saturated rings. The standard InChI is InChI=1S/C58H40N2/c1-3-17-41(18-4-1)43-33-35-45(36-34-43)50-26-9-12-29-54(50)59(55-32-16-22-44-21-7-8-25-49(44)55)48-37-38-53-52-28-11-14-31-57(52)60(58(53)40-48)56-30-13-10-27-51(56)47-24-15-23-46(39-47)42-19-5-2-6-20-42/h1-40H. The Kier molecular flexibility index (Phi) is 8.87. The molecule has 0 N–H and O–H groups in total. The predicted molar refractivity (Wildman–Crippen MR) is 255 cm³/mol. The van der Waals surface area contributed by atoms with Crippen LogP contribution in [0.2, 0.25) is 0 Å². The largest absolute Gasteiger partial charge is 0.309 e. The molecule has 0 saturated heterocycles. The topological polar surface area (TPSA) is 8.17 Å². The third kappa shape index (κ3) is 6.23. The van der Waals surface area contributed by atoms with Gasteiger partial charge in [0, 0.05) is 33.0 Å². The molecule has 0 aliphatic carbocycles. The van der Waals surface area contributed by atoms with E-state index >= 15 is 0 Å². The fraction of sp³-hybridized carbons (Fsp3) is 0. The van der Waals surface area contributed by atoms with Crippen LogP contribution >= 0.6 is 0 Å². The number of benzene rings is 10. The van der Waals surface area contributed by atoms with Crippen molar-refractivity contribution in [3.05, 3.63) is 243 Å². The van der Waals surface area contributed by atoms with Gasteiger partial charge >= 0.3 is 0 Å². The Hall–Kier alpha value is -7.94. The van der Waals surface area contributed by atoms with E-state index in [1.807, 2.05) is 0 Å². The Morgan fingerprint density at radius 1 is 0.283 bits per heavy atom. The molecule has 0 spiro atoms. The smallest absolute Gasteiger partial charge is 0.0562 e. The van der Waals surface area contributed by atoms with Gasteiger partial charge in [-0.3, -0.25) is 0 Å². The van der Waals surface area contributed by atoms with Gasteiger partial charge < -0.3 is 9.47 Å². The lowest BCUT2D eigenvalue weighted by atomic mass is 9.97. The Morgan fingerprint density at radius 2 is 0.817 bits per heavy atom. The summed E-state index contributed by atoms with van der Waals surface area (Å²) in [6, 6.07) is 88.0. The minimum atomic E-state index is 1.08. The van der Waals surface area contributed by atoms with Gasteiger partial charge in [0.2, 0.25) is 0 Å². The van der Waals surface area contributed by atoms with Crippen molar-refractivity contribution in [3.63, 3.8) is 0 Å². The average Bonchev–Trinajstić information content (AvgIpc) is 3.66. The maximum atomic E-state index is 2.47. The van der Waals surface area contributed by atoms with Gasteiger partial charge in [0.05, 0.1) is 28.1 Å². The Balaban J connectivity index is 1.13. The molecular weight excluding hydrogens is 725 g/mol. The van der Waals surface area contributed by atoms with E-state index in [1.165, 1.54) is 60.4 Å². The third-order valence-corrected chi connectivity index (χ3v) is 11.8. The molecule has 0 saturated carbocycles. The maximum Gasteiger partial charge on any atom is 0.0562 e. The fourth-order valence-electron chi connectivity index (χ4n) is 8.96. The zero-order chi connectivity index (χ0) is 39.8. The SMILES string of the molecule is c1ccc(-c2ccc(-c3ccccc3N(c3ccc4c5ccccc5n(-c5ccccc5-c5cccc(-c6ccccc6)c5)c4c3)c3cccc4ccccc34)cc2)cc1. The van der Waals surface area contributed by atoms with E-state index in [0.29, 0.717) is 0 Å². The summed E-state index contributed by atoms with van der Waals surface area (Å²) >= 11 is 0. The number of hydrogen-bond donors (Lipinski definition) is 0. The molecule has 2 heteroatoms. The van der Waals surface area contributed by atoms with Crippen molar-refractivity contribution in [2.24, 2.45) is 0 Å². The molecule has 10 aromatic carbocycles. The molecule has 0 radical (unpaired) electrons. The summed E-state index contributed by atoms with van der Waals surface area (Å²) in [6.07, 6.45) is 0. The van der Waals surface area contributed by atoms with Crippen LogP contribution in [0.25, 0.3) is 82.8 Å². The molecule has 0 amide bonds. The summed E-state index contributed by atoms with van der Waals surface area (Å²) in [5.74, 6) is 0. The molecule has 0 aliphatic rings. The summed E-state index contributed by atoms with van der Waals surface area (Å²) in [6.45, 7) is 0. The first-order valence-corrected chi connectivity index (χ1v) is 20.6. The molecule has 0 unspecified atom stereocenters. The Bertz CT molecular complexity index is 3300. The number of nitrogens with zero attached hydrogens (tertiary/aromatic N) is 2. The second-order valence-corrected chi connectivity index (χ2v) is 15.3. The highest BCUT2D eigenvalue weighted by atomic mass is 15.1. The zero-order valence-corrected chi connectivity index (χ0v) is 33.0. The van der Waals surface area contributed by atoms with Crippen LogP contribution in [0.1, 0.15) is 0 Å². The molecule has 1 heterocycles. The van der Waals surface area contributed by atoms with Crippen LogP contribution in [-0.4, -0.2) is 4.57 Å². The minimum Gasteiger partial charge on any atom is -0.309 e. The normalized spacial score (nSPS) is 11.3. The van der Waals surface area contributed by atoms with E-state index in [0.717, 1.165) is 39.4 Å². The van der Waals surface area contributed by atoms with E-state index in [4.69, 9.17) is 0 Å². The van der Waals surface area contributed by atoms with E-state index in [2.05, 4.69) is 252 Å². The highest BCUT2D eigenvalue weighted by Gasteiger charge is 2.22. The molecule has 60 heavy (non-hydrogen) atoms. The van der Waals surface area contributed by atoms with Crippen LogP contribution in [0.3, 0.4) is 0 Å². The number of hydrogen-bond acceptors (Lipinski definition) is 1. The zero-order valence-electron chi connectivity index (χ0n) is 33.0. The quantitative estimate of drug-likeness (QED) is 0.150. The van der Waals surface area contributed by atoms with Crippen molar-refractivity contribution >= 4 is 49.6 Å². The fourth-order valence-corrected chi connectivity index (χ4v) is 8.96. The summed E-state index contributed by atoms with van der Waals surface area (Å²) < 4.78 is 2.47. The van der Waals surface area contributed by atoms with Gasteiger partial charge in [-0.2, -0.15) is 0 Å². The van der Waals surface area contributed by atoms with Gasteiger partial charge in [0.1, 0.15) is 0 Å². The van der Waals surface area contributed by atoms with Gasteiger partial charge in [0.15, 0.2) is 0 Å². The first-order valence-electron chi connectivity index (χ1n) is 20.6. The lowest BCUT2D eigenvalue weighted by Crippen LogP contribution is -2.12. The molecule has 1 aromatic heterocycles. The Labute approximate surface area is 350 Å². The number of fused-ring (bicyclic) bond motifs is 4. The van der Waals surface area contributed by atoms with Gasteiger partial charge in [-0.1, -0.05) is 200 Å². The lowest BCUT2D eigenvalue weighted by molar-refractivity contribution is 1.18. The third-order valence-electron chi connectivity index (χ3n) is 11.8. The van der Waals surface area contributed by atoms with Crippen LogP contribution in [0.5, 0.6) is 0 Å². The predicted octanol–water partition coefficient (Wildman–Crippen LogP) is 16.1. The van der Waals surface area contributed by atoms with E-state index in [1.54, 1.807) is 0 Å². The maximum absolute atomic E-state index is 2.47. The van der Waals surface area contributed by atoms with E-state index in [9.17, 15) is 0 Å². The molecular formula is C58H40N2. The van der Waals surface area contributed by atoms with Crippen molar-refractivity contribution in [2.75, 3.05) is 4.90 Å².